The molecule has 1 heterocycles. The van der Waals surface area contributed by atoms with Crippen LogP contribution < -0.4 is 10.1 Å². The lowest BCUT2D eigenvalue weighted by Crippen LogP contribution is -1.94. The number of aromatic nitrogens is 1. The molecule has 0 radical (unpaired) electrons. The Balaban J connectivity index is 1.83. The van der Waals surface area contributed by atoms with Crippen molar-refractivity contribution >= 4 is 22.6 Å². The summed E-state index contributed by atoms with van der Waals surface area (Å²) in [6.45, 7) is 3.93. The molecule has 1 aromatic heterocycles. The maximum absolute atomic E-state index is 9.38. The predicted octanol–water partition coefficient (Wildman–Crippen LogP) is 5.53. The molecule has 3 aromatic rings. The fourth-order valence-corrected chi connectivity index (χ4v) is 3.01. The third kappa shape index (κ3) is 4.25. The van der Waals surface area contributed by atoms with Gasteiger partial charge in [-0.05, 0) is 43.7 Å². The van der Waals surface area contributed by atoms with E-state index in [-0.39, 0.29) is 0 Å². The van der Waals surface area contributed by atoms with Gasteiger partial charge < -0.3 is 10.1 Å². The monoisotopic (exact) mass is 347 g/mol. The molecule has 5 heteroatoms. The average Bonchev–Trinajstić information content (AvgIpc) is 3.03. The number of aryl methyl sites for hydroxylation is 2. The zero-order chi connectivity index (χ0) is 17.6. The first-order chi connectivity index (χ1) is 12.2. The topological polar surface area (TPSA) is 57.9 Å². The van der Waals surface area contributed by atoms with Gasteiger partial charge in [0.05, 0.1) is 5.69 Å². The number of allylic oxidation sites excluding steroid dienone is 1. The van der Waals surface area contributed by atoms with Crippen LogP contribution >= 0.6 is 11.3 Å². The van der Waals surface area contributed by atoms with Crippen molar-refractivity contribution in [3.05, 3.63) is 76.4 Å². The van der Waals surface area contributed by atoms with Crippen LogP contribution in [0.4, 0.5) is 5.69 Å². The van der Waals surface area contributed by atoms with Crippen molar-refractivity contribution in [1.82, 2.24) is 4.98 Å². The number of rotatable bonds is 5. The van der Waals surface area contributed by atoms with Crippen molar-refractivity contribution in [2.75, 3.05) is 5.32 Å². The predicted molar refractivity (Wildman–Crippen MR) is 102 cm³/mol. The average molecular weight is 347 g/mol. The van der Waals surface area contributed by atoms with Crippen LogP contribution in [0.2, 0.25) is 0 Å². The number of para-hydroxylation sites is 2. The smallest absolute Gasteiger partial charge is 0.150 e. The Kier molecular flexibility index (Phi) is 5.12. The summed E-state index contributed by atoms with van der Waals surface area (Å²) in [6.07, 6.45) is 1.66. The lowest BCUT2D eigenvalue weighted by Gasteiger charge is -2.11. The van der Waals surface area contributed by atoms with E-state index in [1.54, 1.807) is 6.20 Å². The maximum atomic E-state index is 9.38. The zero-order valence-corrected chi connectivity index (χ0v) is 14.8. The number of nitrogens with one attached hydrogen (secondary N) is 1. The van der Waals surface area contributed by atoms with Crippen molar-refractivity contribution in [2.45, 2.75) is 13.8 Å². The van der Waals surface area contributed by atoms with Gasteiger partial charge in [-0.1, -0.05) is 24.3 Å². The van der Waals surface area contributed by atoms with E-state index in [9.17, 15) is 5.26 Å². The minimum Gasteiger partial charge on any atom is -0.455 e. The minimum atomic E-state index is 0.489. The second-order valence-electron chi connectivity index (χ2n) is 5.52. The summed E-state index contributed by atoms with van der Waals surface area (Å²) in [4.78, 5) is 4.35. The van der Waals surface area contributed by atoms with Gasteiger partial charge in [0.1, 0.15) is 22.4 Å². The van der Waals surface area contributed by atoms with Crippen LogP contribution in [0.3, 0.4) is 0 Å². The van der Waals surface area contributed by atoms with Gasteiger partial charge in [-0.3, -0.25) is 0 Å². The van der Waals surface area contributed by atoms with Gasteiger partial charge in [-0.2, -0.15) is 5.26 Å². The molecule has 0 saturated carbocycles. The van der Waals surface area contributed by atoms with E-state index < -0.39 is 0 Å². The number of benzene rings is 2. The number of thiazole rings is 1. The molecule has 0 aliphatic heterocycles. The Hall–Kier alpha value is -3.10. The highest BCUT2D eigenvalue weighted by atomic mass is 32.1. The van der Waals surface area contributed by atoms with Crippen LogP contribution in [-0.4, -0.2) is 4.98 Å². The summed E-state index contributed by atoms with van der Waals surface area (Å²) in [5.74, 6) is 1.46. The van der Waals surface area contributed by atoms with E-state index in [0.29, 0.717) is 16.3 Å². The molecule has 0 saturated heterocycles. The second kappa shape index (κ2) is 7.65. The Bertz CT molecular complexity index is 953. The number of nitrogens with zero attached hydrogens (tertiary/aromatic N) is 2. The fourth-order valence-electron chi connectivity index (χ4n) is 2.25. The molecule has 0 amide bonds. The number of anilines is 1. The minimum absolute atomic E-state index is 0.489. The van der Waals surface area contributed by atoms with Crippen LogP contribution in [0.1, 0.15) is 16.3 Å². The quantitative estimate of drug-likeness (QED) is 0.617. The van der Waals surface area contributed by atoms with Crippen LogP contribution in [0.5, 0.6) is 11.5 Å². The lowest BCUT2D eigenvalue weighted by molar-refractivity contribution is 0.484. The molecule has 0 fully saturated rings. The van der Waals surface area contributed by atoms with Crippen molar-refractivity contribution < 1.29 is 4.74 Å². The van der Waals surface area contributed by atoms with Crippen molar-refractivity contribution in [2.24, 2.45) is 0 Å². The van der Waals surface area contributed by atoms with E-state index in [0.717, 1.165) is 22.7 Å². The molecule has 0 spiro atoms. The first kappa shape index (κ1) is 16.7. The molecular weight excluding hydrogens is 330 g/mol. The summed E-state index contributed by atoms with van der Waals surface area (Å²) in [5.41, 5.74) is 3.31. The first-order valence-corrected chi connectivity index (χ1v) is 8.66. The number of nitriles is 1. The molecule has 1 N–H and O–H groups in total. The second-order valence-corrected chi connectivity index (χ2v) is 6.38. The van der Waals surface area contributed by atoms with Gasteiger partial charge in [-0.25, -0.2) is 4.98 Å². The summed E-state index contributed by atoms with van der Waals surface area (Å²) in [5, 5.41) is 15.2. The van der Waals surface area contributed by atoms with Crippen molar-refractivity contribution in [3.63, 3.8) is 0 Å². The molecular formula is C20H17N3OS. The summed E-state index contributed by atoms with van der Waals surface area (Å²) in [6, 6.07) is 17.7. The highest BCUT2D eigenvalue weighted by Crippen LogP contribution is 2.30. The van der Waals surface area contributed by atoms with Crippen molar-refractivity contribution in [1.29, 1.82) is 5.26 Å². The molecule has 0 atom stereocenters. The van der Waals surface area contributed by atoms with Crippen LogP contribution in [0.25, 0.3) is 5.57 Å². The molecule has 0 unspecified atom stereocenters. The van der Waals surface area contributed by atoms with Gasteiger partial charge >= 0.3 is 0 Å². The van der Waals surface area contributed by atoms with Gasteiger partial charge in [0, 0.05) is 17.3 Å². The van der Waals surface area contributed by atoms with Gasteiger partial charge in [-0.15, -0.1) is 11.3 Å². The van der Waals surface area contributed by atoms with E-state index >= 15 is 0 Å². The highest BCUT2D eigenvalue weighted by molar-refractivity contribution is 7.10. The van der Waals surface area contributed by atoms with Crippen molar-refractivity contribution in [3.8, 4) is 17.6 Å². The Labute approximate surface area is 151 Å². The third-order valence-corrected chi connectivity index (χ3v) is 4.44. The van der Waals surface area contributed by atoms with Gasteiger partial charge in [0.25, 0.3) is 0 Å². The molecule has 25 heavy (non-hydrogen) atoms. The van der Waals surface area contributed by atoms with Crippen LogP contribution in [-0.2, 0) is 0 Å². The Morgan fingerprint density at radius 3 is 2.76 bits per heavy atom. The summed E-state index contributed by atoms with van der Waals surface area (Å²) < 4.78 is 5.98. The zero-order valence-electron chi connectivity index (χ0n) is 14.0. The number of hydrogen-bond acceptors (Lipinski definition) is 5. The normalized spacial score (nSPS) is 11.0. The number of hydrogen-bond donors (Lipinski definition) is 1. The molecule has 4 nitrogen and oxygen atoms in total. The first-order valence-electron chi connectivity index (χ1n) is 7.78. The summed E-state index contributed by atoms with van der Waals surface area (Å²) in [7, 11) is 0. The molecule has 0 bridgehead atoms. The van der Waals surface area contributed by atoms with Gasteiger partial charge in [0.2, 0.25) is 0 Å². The SMILES string of the molecule is Cc1cccc(Oc2ccccc2N/C=C(\C#N)c2nc(C)cs2)c1. The number of ether oxygens (including phenoxy) is 1. The van der Waals surface area contributed by atoms with Crippen LogP contribution in [0, 0.1) is 25.2 Å². The fraction of sp³-hybridized carbons (Fsp3) is 0.100. The molecule has 0 aliphatic rings. The molecule has 124 valence electrons. The highest BCUT2D eigenvalue weighted by Gasteiger charge is 2.07. The van der Waals surface area contributed by atoms with Gasteiger partial charge in [0.15, 0.2) is 5.75 Å². The Morgan fingerprint density at radius 1 is 1.20 bits per heavy atom. The van der Waals surface area contributed by atoms with Crippen LogP contribution in [0.15, 0.2) is 60.1 Å². The summed E-state index contributed by atoms with van der Waals surface area (Å²) >= 11 is 1.45. The standard InChI is InChI=1S/C20H17N3OS/c1-14-6-5-7-17(10-14)24-19-9-4-3-8-18(19)22-12-16(11-21)20-23-15(2)13-25-20/h3-10,12-13,22H,1-2H3/b16-12+. The van der Waals surface area contributed by atoms with E-state index in [1.807, 2.05) is 67.8 Å². The van der Waals surface area contributed by atoms with E-state index in [4.69, 9.17) is 4.74 Å². The Morgan fingerprint density at radius 2 is 2.04 bits per heavy atom. The largest absolute Gasteiger partial charge is 0.455 e. The lowest BCUT2D eigenvalue weighted by atomic mass is 10.2. The molecule has 0 aliphatic carbocycles. The van der Waals surface area contributed by atoms with E-state index in [1.165, 1.54) is 11.3 Å². The third-order valence-electron chi connectivity index (χ3n) is 3.45. The molecule has 3 rings (SSSR count). The molecule has 2 aromatic carbocycles. The maximum Gasteiger partial charge on any atom is 0.150 e. The van der Waals surface area contributed by atoms with E-state index in [2.05, 4.69) is 16.4 Å².